The number of aromatic nitrogens is 2. The standard InChI is InChI=1S/C28H35N3O5/c1-7-8-13-30(27(33)20-14-22(35-5)16-23(15-20)36-6)17-24(32)25-26(18(2)3)29-31(28(25)34)21-11-9-19(4)10-12-21/h9-12,14-16,18,29H,7-8,13,17H2,1-6H3. The summed E-state index contributed by atoms with van der Waals surface area (Å²) in [7, 11) is 3.03. The highest BCUT2D eigenvalue weighted by Gasteiger charge is 2.27. The topological polar surface area (TPSA) is 93.6 Å². The lowest BCUT2D eigenvalue weighted by Gasteiger charge is -2.22. The summed E-state index contributed by atoms with van der Waals surface area (Å²) in [6.07, 6.45) is 1.57. The Hall–Kier alpha value is -3.81. The first-order valence-electron chi connectivity index (χ1n) is 12.2. The van der Waals surface area contributed by atoms with Crippen LogP contribution in [0, 0.1) is 6.92 Å². The van der Waals surface area contributed by atoms with Gasteiger partial charge in [0.15, 0.2) is 5.78 Å². The fourth-order valence-corrected chi connectivity index (χ4v) is 3.98. The fourth-order valence-electron chi connectivity index (χ4n) is 3.98. The molecule has 0 radical (unpaired) electrons. The Morgan fingerprint density at radius 2 is 1.64 bits per heavy atom. The molecular weight excluding hydrogens is 458 g/mol. The molecule has 2 aromatic carbocycles. The van der Waals surface area contributed by atoms with Gasteiger partial charge in [0.05, 0.1) is 32.1 Å². The van der Waals surface area contributed by atoms with Crippen LogP contribution < -0.4 is 15.0 Å². The van der Waals surface area contributed by atoms with Gasteiger partial charge in [-0.05, 0) is 43.5 Å². The number of ether oxygens (including phenoxy) is 2. The molecule has 8 nitrogen and oxygen atoms in total. The highest BCUT2D eigenvalue weighted by Crippen LogP contribution is 2.24. The maximum atomic E-state index is 13.6. The van der Waals surface area contributed by atoms with Crippen molar-refractivity contribution in [3.8, 4) is 17.2 Å². The number of methoxy groups -OCH3 is 2. The molecule has 0 aliphatic carbocycles. The maximum absolute atomic E-state index is 13.6. The van der Waals surface area contributed by atoms with Gasteiger partial charge in [0.25, 0.3) is 11.5 Å². The summed E-state index contributed by atoms with van der Waals surface area (Å²) >= 11 is 0. The highest BCUT2D eigenvalue weighted by molar-refractivity contribution is 6.03. The maximum Gasteiger partial charge on any atom is 0.282 e. The third-order valence-corrected chi connectivity index (χ3v) is 6.07. The monoisotopic (exact) mass is 493 g/mol. The van der Waals surface area contributed by atoms with E-state index in [0.29, 0.717) is 35.0 Å². The van der Waals surface area contributed by atoms with E-state index < -0.39 is 11.3 Å². The quantitative estimate of drug-likeness (QED) is 0.390. The Morgan fingerprint density at radius 3 is 2.17 bits per heavy atom. The fraction of sp³-hybridized carbons (Fsp3) is 0.393. The number of H-pyrrole nitrogens is 1. The molecule has 1 aromatic heterocycles. The van der Waals surface area contributed by atoms with Crippen LogP contribution in [0.5, 0.6) is 11.5 Å². The summed E-state index contributed by atoms with van der Waals surface area (Å²) in [6.45, 7) is 8.00. The van der Waals surface area contributed by atoms with Gasteiger partial charge < -0.3 is 14.4 Å². The Balaban J connectivity index is 1.99. The number of nitrogens with zero attached hydrogens (tertiary/aromatic N) is 2. The summed E-state index contributed by atoms with van der Waals surface area (Å²) in [4.78, 5) is 41.9. The molecule has 0 saturated heterocycles. The number of hydrogen-bond acceptors (Lipinski definition) is 5. The first-order chi connectivity index (χ1) is 17.2. The van der Waals surface area contributed by atoms with Crippen molar-refractivity contribution in [2.24, 2.45) is 0 Å². The van der Waals surface area contributed by atoms with E-state index in [-0.39, 0.29) is 23.9 Å². The second-order valence-electron chi connectivity index (χ2n) is 9.14. The van der Waals surface area contributed by atoms with Crippen molar-refractivity contribution in [1.29, 1.82) is 0 Å². The highest BCUT2D eigenvalue weighted by atomic mass is 16.5. The van der Waals surface area contributed by atoms with Gasteiger partial charge in [0, 0.05) is 18.2 Å². The van der Waals surface area contributed by atoms with Crippen molar-refractivity contribution in [1.82, 2.24) is 14.7 Å². The number of Topliss-reactive ketones (excluding diaryl/α,β-unsaturated/α-hetero) is 1. The molecule has 3 rings (SSSR count). The van der Waals surface area contributed by atoms with Gasteiger partial charge in [-0.2, -0.15) is 0 Å². The molecular formula is C28H35N3O5. The van der Waals surface area contributed by atoms with E-state index in [1.807, 2.05) is 52.0 Å². The average Bonchev–Trinajstić information content (AvgIpc) is 3.23. The molecule has 0 saturated carbocycles. The van der Waals surface area contributed by atoms with Crippen LogP contribution in [0.4, 0.5) is 0 Å². The van der Waals surface area contributed by atoms with Gasteiger partial charge in [0.1, 0.15) is 17.1 Å². The molecule has 1 amide bonds. The van der Waals surface area contributed by atoms with Gasteiger partial charge in [-0.15, -0.1) is 0 Å². The van der Waals surface area contributed by atoms with Gasteiger partial charge in [0.2, 0.25) is 0 Å². The van der Waals surface area contributed by atoms with E-state index in [1.165, 1.54) is 23.8 Å². The normalized spacial score (nSPS) is 11.0. The number of amides is 1. The molecule has 1 N–H and O–H groups in total. The minimum atomic E-state index is -0.418. The van der Waals surface area contributed by atoms with E-state index in [0.717, 1.165) is 18.4 Å². The number of ketones is 1. The zero-order chi connectivity index (χ0) is 26.4. The molecule has 192 valence electrons. The van der Waals surface area contributed by atoms with Crippen molar-refractivity contribution in [3.05, 3.63) is 75.2 Å². The van der Waals surface area contributed by atoms with Gasteiger partial charge in [-0.25, -0.2) is 4.68 Å². The van der Waals surface area contributed by atoms with Crippen LogP contribution in [0.1, 0.15) is 71.5 Å². The molecule has 0 bridgehead atoms. The zero-order valence-corrected chi connectivity index (χ0v) is 21.9. The van der Waals surface area contributed by atoms with Crippen molar-refractivity contribution in [2.45, 2.75) is 46.5 Å². The number of carbonyl (C=O) groups is 2. The predicted octanol–water partition coefficient (Wildman–Crippen LogP) is 4.74. The number of benzene rings is 2. The molecule has 3 aromatic rings. The number of carbonyl (C=O) groups excluding carboxylic acids is 2. The molecule has 36 heavy (non-hydrogen) atoms. The van der Waals surface area contributed by atoms with E-state index in [9.17, 15) is 14.4 Å². The van der Waals surface area contributed by atoms with Crippen LogP contribution in [0.2, 0.25) is 0 Å². The minimum Gasteiger partial charge on any atom is -0.497 e. The summed E-state index contributed by atoms with van der Waals surface area (Å²) in [5, 5.41) is 3.12. The molecule has 0 aliphatic rings. The molecule has 0 atom stereocenters. The van der Waals surface area contributed by atoms with Crippen molar-refractivity contribution in [2.75, 3.05) is 27.3 Å². The first kappa shape index (κ1) is 26.8. The lowest BCUT2D eigenvalue weighted by Crippen LogP contribution is -2.38. The van der Waals surface area contributed by atoms with E-state index in [1.54, 1.807) is 18.2 Å². The Morgan fingerprint density at radius 1 is 1.03 bits per heavy atom. The molecule has 0 spiro atoms. The number of aryl methyl sites for hydroxylation is 1. The van der Waals surface area contributed by atoms with Crippen LogP contribution in [0.25, 0.3) is 5.69 Å². The van der Waals surface area contributed by atoms with Crippen LogP contribution in [-0.2, 0) is 0 Å². The molecule has 0 unspecified atom stereocenters. The third-order valence-electron chi connectivity index (χ3n) is 6.07. The lowest BCUT2D eigenvalue weighted by atomic mass is 10.0. The summed E-state index contributed by atoms with van der Waals surface area (Å²) in [5.74, 6) is 0.145. The van der Waals surface area contributed by atoms with Gasteiger partial charge in [-0.1, -0.05) is 44.9 Å². The summed E-state index contributed by atoms with van der Waals surface area (Å²) < 4.78 is 12.0. The van der Waals surface area contributed by atoms with E-state index in [4.69, 9.17) is 9.47 Å². The minimum absolute atomic E-state index is 0.0862. The number of hydrogen-bond donors (Lipinski definition) is 1. The predicted molar refractivity (Wildman–Crippen MR) is 140 cm³/mol. The molecule has 0 aliphatic heterocycles. The number of nitrogens with one attached hydrogen (secondary N) is 1. The van der Waals surface area contributed by atoms with Crippen LogP contribution >= 0.6 is 0 Å². The largest absolute Gasteiger partial charge is 0.497 e. The molecule has 1 heterocycles. The lowest BCUT2D eigenvalue weighted by molar-refractivity contribution is 0.0706. The van der Waals surface area contributed by atoms with Crippen molar-refractivity contribution in [3.63, 3.8) is 0 Å². The SMILES string of the molecule is CCCCN(CC(=O)c1c(C(C)C)[nH]n(-c2ccc(C)cc2)c1=O)C(=O)c1cc(OC)cc(OC)c1. The van der Waals surface area contributed by atoms with Crippen molar-refractivity contribution >= 4 is 11.7 Å². The average molecular weight is 494 g/mol. The second-order valence-corrected chi connectivity index (χ2v) is 9.14. The Labute approximate surface area is 211 Å². The van der Waals surface area contributed by atoms with Gasteiger partial charge >= 0.3 is 0 Å². The summed E-state index contributed by atoms with van der Waals surface area (Å²) in [6, 6.07) is 12.4. The first-order valence-corrected chi connectivity index (χ1v) is 12.2. The molecule has 0 fully saturated rings. The Bertz CT molecular complexity index is 1250. The zero-order valence-electron chi connectivity index (χ0n) is 21.9. The number of unbranched alkanes of at least 4 members (excludes halogenated alkanes) is 1. The van der Waals surface area contributed by atoms with E-state index in [2.05, 4.69) is 5.10 Å². The van der Waals surface area contributed by atoms with E-state index >= 15 is 0 Å². The second kappa shape index (κ2) is 11.7. The third kappa shape index (κ3) is 5.87. The van der Waals surface area contributed by atoms with Crippen LogP contribution in [-0.4, -0.2) is 53.7 Å². The Kier molecular flexibility index (Phi) is 8.74. The van der Waals surface area contributed by atoms with Crippen LogP contribution in [0.15, 0.2) is 47.3 Å². The number of aromatic amines is 1. The van der Waals surface area contributed by atoms with Gasteiger partial charge in [-0.3, -0.25) is 19.5 Å². The number of rotatable bonds is 11. The smallest absolute Gasteiger partial charge is 0.282 e. The van der Waals surface area contributed by atoms with Crippen LogP contribution in [0.3, 0.4) is 0 Å². The molecule has 8 heteroatoms. The van der Waals surface area contributed by atoms with Crippen molar-refractivity contribution < 1.29 is 19.1 Å². The summed E-state index contributed by atoms with van der Waals surface area (Å²) in [5.41, 5.74) is 2.29.